The highest BCUT2D eigenvalue weighted by molar-refractivity contribution is 5.77. The molecule has 0 saturated carbocycles. The Morgan fingerprint density at radius 3 is 3.38 bits per heavy atom. The summed E-state index contributed by atoms with van der Waals surface area (Å²) in [5, 5.41) is 3.12. The van der Waals surface area contributed by atoms with E-state index in [0.29, 0.717) is 12.4 Å². The Kier molecular flexibility index (Phi) is 3.62. The topological polar surface area (TPSA) is 51.5 Å². The van der Waals surface area contributed by atoms with Crippen LogP contribution >= 0.6 is 0 Å². The Hall–Kier alpha value is -1.29. The molecule has 0 aliphatic carbocycles. The van der Waals surface area contributed by atoms with Gasteiger partial charge in [0.05, 0.1) is 12.9 Å². The molecule has 1 aliphatic heterocycles. The van der Waals surface area contributed by atoms with Crippen molar-refractivity contribution in [1.29, 1.82) is 0 Å². The molecular weight excluding hydrogens is 206 g/mol. The number of ether oxygens (including phenoxy) is 1. The number of esters is 1. The number of fused-ring (bicyclic) bond motifs is 1. The van der Waals surface area contributed by atoms with Crippen LogP contribution in [-0.2, 0) is 16.0 Å². The highest BCUT2D eigenvalue weighted by Gasteiger charge is 2.30. The van der Waals surface area contributed by atoms with Crippen LogP contribution in [0.5, 0.6) is 0 Å². The lowest BCUT2D eigenvalue weighted by Crippen LogP contribution is -2.35. The third-order valence-electron chi connectivity index (χ3n) is 2.76. The van der Waals surface area contributed by atoms with Crippen molar-refractivity contribution in [3.8, 4) is 0 Å². The quantitative estimate of drug-likeness (QED) is 0.624. The lowest BCUT2D eigenvalue weighted by molar-refractivity contribution is -0.147. The Morgan fingerprint density at radius 1 is 1.69 bits per heavy atom. The molecule has 0 radical (unpaired) electrons. The minimum absolute atomic E-state index is 0.232. The zero-order chi connectivity index (χ0) is 11.4. The largest absolute Gasteiger partial charge is 0.467 e. The molecule has 1 atom stereocenters. The molecule has 0 bridgehead atoms. The first-order chi connectivity index (χ1) is 7.83. The molecule has 16 heavy (non-hydrogen) atoms. The maximum absolute atomic E-state index is 11.8. The lowest BCUT2D eigenvalue weighted by Gasteiger charge is -2.21. The number of unbranched alkanes of at least 4 members (excludes halogenated alkanes) is 1. The average Bonchev–Trinajstić information content (AvgIpc) is 2.76. The van der Waals surface area contributed by atoms with Gasteiger partial charge in [-0.25, -0.2) is 4.79 Å². The molecule has 0 aromatic carbocycles. The molecule has 1 unspecified atom stereocenters. The van der Waals surface area contributed by atoms with Crippen LogP contribution in [0.1, 0.15) is 37.1 Å². The summed E-state index contributed by atoms with van der Waals surface area (Å²) in [7, 11) is 0. The molecule has 88 valence electrons. The minimum atomic E-state index is -0.421. The fourth-order valence-electron chi connectivity index (χ4n) is 1.84. The third-order valence-corrected chi connectivity index (χ3v) is 2.76. The van der Waals surface area contributed by atoms with Gasteiger partial charge in [-0.2, -0.15) is 0 Å². The van der Waals surface area contributed by atoms with Crippen LogP contribution in [0, 0.1) is 0 Å². The van der Waals surface area contributed by atoms with E-state index in [4.69, 9.17) is 9.15 Å². The summed E-state index contributed by atoms with van der Waals surface area (Å²) in [6.45, 7) is 3.35. The SMILES string of the molecule is CCCCOC(=O)C1NCCc2ccoc21. The Morgan fingerprint density at radius 2 is 2.56 bits per heavy atom. The number of carbonyl (C=O) groups is 1. The molecule has 4 heteroatoms. The van der Waals surface area contributed by atoms with E-state index in [1.807, 2.05) is 6.07 Å². The molecule has 2 rings (SSSR count). The molecule has 0 saturated heterocycles. The van der Waals surface area contributed by atoms with E-state index in [-0.39, 0.29) is 5.97 Å². The van der Waals surface area contributed by atoms with Gasteiger partial charge < -0.3 is 9.15 Å². The van der Waals surface area contributed by atoms with Gasteiger partial charge in [0.1, 0.15) is 5.76 Å². The highest BCUT2D eigenvalue weighted by atomic mass is 16.5. The predicted octanol–water partition coefficient (Wildman–Crippen LogP) is 1.81. The number of carbonyl (C=O) groups excluding carboxylic acids is 1. The van der Waals surface area contributed by atoms with Gasteiger partial charge in [-0.15, -0.1) is 0 Å². The number of hydrogen-bond acceptors (Lipinski definition) is 4. The summed E-state index contributed by atoms with van der Waals surface area (Å²) in [5.74, 6) is 0.483. The molecule has 4 nitrogen and oxygen atoms in total. The summed E-state index contributed by atoms with van der Waals surface area (Å²) in [6, 6.07) is 1.50. The van der Waals surface area contributed by atoms with Crippen molar-refractivity contribution in [2.24, 2.45) is 0 Å². The van der Waals surface area contributed by atoms with E-state index in [0.717, 1.165) is 31.4 Å². The number of hydrogen-bond donors (Lipinski definition) is 1. The summed E-state index contributed by atoms with van der Waals surface area (Å²) < 4.78 is 10.5. The maximum Gasteiger partial charge on any atom is 0.331 e. The minimum Gasteiger partial charge on any atom is -0.467 e. The summed E-state index contributed by atoms with van der Waals surface area (Å²) in [4.78, 5) is 11.8. The van der Waals surface area contributed by atoms with Crippen molar-refractivity contribution >= 4 is 5.97 Å². The summed E-state index contributed by atoms with van der Waals surface area (Å²) in [5.41, 5.74) is 1.11. The van der Waals surface area contributed by atoms with Crippen LogP contribution in [0.2, 0.25) is 0 Å². The van der Waals surface area contributed by atoms with Crippen LogP contribution in [0.4, 0.5) is 0 Å². The van der Waals surface area contributed by atoms with E-state index in [9.17, 15) is 4.79 Å². The molecular formula is C12H17NO3. The molecule has 0 spiro atoms. The van der Waals surface area contributed by atoms with Gasteiger partial charge in [0.25, 0.3) is 0 Å². The first kappa shape index (κ1) is 11.2. The second kappa shape index (κ2) is 5.16. The molecule has 1 aliphatic rings. The molecule has 0 fully saturated rings. The zero-order valence-corrected chi connectivity index (χ0v) is 9.49. The molecule has 1 aromatic heterocycles. The van der Waals surface area contributed by atoms with Crippen LogP contribution < -0.4 is 5.32 Å². The highest BCUT2D eigenvalue weighted by Crippen LogP contribution is 2.24. The van der Waals surface area contributed by atoms with E-state index < -0.39 is 6.04 Å². The predicted molar refractivity (Wildman–Crippen MR) is 59.0 cm³/mol. The fraction of sp³-hybridized carbons (Fsp3) is 0.583. The van der Waals surface area contributed by atoms with E-state index in [1.54, 1.807) is 6.26 Å². The molecule has 2 heterocycles. The van der Waals surface area contributed by atoms with Crippen LogP contribution in [0.15, 0.2) is 16.7 Å². The van der Waals surface area contributed by atoms with Gasteiger partial charge >= 0.3 is 5.97 Å². The van der Waals surface area contributed by atoms with Crippen LogP contribution in [0.25, 0.3) is 0 Å². The van der Waals surface area contributed by atoms with Gasteiger partial charge in [-0.1, -0.05) is 13.3 Å². The normalized spacial score (nSPS) is 19.2. The monoisotopic (exact) mass is 223 g/mol. The van der Waals surface area contributed by atoms with E-state index in [1.165, 1.54) is 0 Å². The molecule has 1 aromatic rings. The second-order valence-electron chi connectivity index (χ2n) is 3.97. The number of furan rings is 1. The van der Waals surface area contributed by atoms with Gasteiger partial charge in [0.2, 0.25) is 0 Å². The first-order valence-electron chi connectivity index (χ1n) is 5.79. The van der Waals surface area contributed by atoms with Crippen LogP contribution in [-0.4, -0.2) is 19.1 Å². The fourth-order valence-corrected chi connectivity index (χ4v) is 1.84. The van der Waals surface area contributed by atoms with Crippen molar-refractivity contribution in [1.82, 2.24) is 5.32 Å². The van der Waals surface area contributed by atoms with E-state index in [2.05, 4.69) is 12.2 Å². The standard InChI is InChI=1S/C12H17NO3/c1-2-3-7-16-12(14)10-11-9(4-6-13-10)5-8-15-11/h5,8,10,13H,2-4,6-7H2,1H3. The van der Waals surface area contributed by atoms with Gasteiger partial charge in [-0.3, -0.25) is 5.32 Å². The van der Waals surface area contributed by atoms with Crippen molar-refractivity contribution in [2.45, 2.75) is 32.2 Å². The first-order valence-corrected chi connectivity index (χ1v) is 5.79. The Labute approximate surface area is 95.0 Å². The average molecular weight is 223 g/mol. The lowest BCUT2D eigenvalue weighted by atomic mass is 10.0. The van der Waals surface area contributed by atoms with E-state index >= 15 is 0 Å². The summed E-state index contributed by atoms with van der Waals surface area (Å²) >= 11 is 0. The van der Waals surface area contributed by atoms with Crippen LogP contribution in [0.3, 0.4) is 0 Å². The maximum atomic E-state index is 11.8. The summed E-state index contributed by atoms with van der Waals surface area (Å²) in [6.07, 6.45) is 4.47. The van der Waals surface area contributed by atoms with Crippen molar-refractivity contribution in [2.75, 3.05) is 13.2 Å². The van der Waals surface area contributed by atoms with Gasteiger partial charge in [-0.05, 0) is 24.5 Å². The van der Waals surface area contributed by atoms with Crippen molar-refractivity contribution < 1.29 is 13.9 Å². The molecule has 1 N–H and O–H groups in total. The number of nitrogens with one attached hydrogen (secondary N) is 1. The third kappa shape index (κ3) is 2.27. The Bertz CT molecular complexity index is 359. The molecule has 0 amide bonds. The smallest absolute Gasteiger partial charge is 0.331 e. The van der Waals surface area contributed by atoms with Gasteiger partial charge in [0.15, 0.2) is 6.04 Å². The zero-order valence-electron chi connectivity index (χ0n) is 9.49. The Balaban J connectivity index is 1.98. The number of rotatable bonds is 4. The van der Waals surface area contributed by atoms with Crippen molar-refractivity contribution in [3.05, 3.63) is 23.7 Å². The van der Waals surface area contributed by atoms with Crippen molar-refractivity contribution in [3.63, 3.8) is 0 Å². The van der Waals surface area contributed by atoms with Gasteiger partial charge in [0, 0.05) is 6.54 Å². The second-order valence-corrected chi connectivity index (χ2v) is 3.97.